The summed E-state index contributed by atoms with van der Waals surface area (Å²) in [6, 6.07) is 12.8. The largest absolute Gasteiger partial charge is 0.346 e. The van der Waals surface area contributed by atoms with Crippen LogP contribution in [0.25, 0.3) is 10.8 Å². The summed E-state index contributed by atoms with van der Waals surface area (Å²) >= 11 is 0. The molecule has 2 heteroatoms. The Kier molecular flexibility index (Phi) is 2.63. The Hall–Kier alpha value is -2.09. The van der Waals surface area contributed by atoms with Crippen LogP contribution in [-0.2, 0) is 11.2 Å². The van der Waals surface area contributed by atoms with Crippen LogP contribution >= 0.6 is 0 Å². The first-order chi connectivity index (χ1) is 8.79. The molecule has 0 saturated carbocycles. The molecule has 1 unspecified atom stereocenters. The summed E-state index contributed by atoms with van der Waals surface area (Å²) in [6.45, 7) is 3.51. The lowest BCUT2D eigenvalue weighted by Gasteiger charge is -2.26. The highest BCUT2D eigenvalue weighted by Gasteiger charge is 2.21. The second-order valence-corrected chi connectivity index (χ2v) is 4.67. The molecule has 0 radical (unpaired) electrons. The number of rotatable bonds is 2. The monoisotopic (exact) mass is 237 g/mol. The fourth-order valence-electron chi connectivity index (χ4n) is 2.78. The maximum Gasteiger partial charge on any atom is 0.243 e. The summed E-state index contributed by atoms with van der Waals surface area (Å²) in [5.41, 5.74) is 2.61. The van der Waals surface area contributed by atoms with Crippen molar-refractivity contribution in [3.05, 3.63) is 60.2 Å². The van der Waals surface area contributed by atoms with E-state index in [4.69, 9.17) is 0 Å². The van der Waals surface area contributed by atoms with E-state index in [1.54, 1.807) is 0 Å². The molecule has 1 aliphatic carbocycles. The van der Waals surface area contributed by atoms with Gasteiger partial charge in [0.25, 0.3) is 0 Å². The average molecular weight is 237 g/mol. The predicted octanol–water partition coefficient (Wildman–Crippen LogP) is 3.13. The summed E-state index contributed by atoms with van der Waals surface area (Å²) in [7, 11) is 0. The van der Waals surface area contributed by atoms with Crippen LogP contribution in [0, 0.1) is 0 Å². The second-order valence-electron chi connectivity index (χ2n) is 4.67. The Bertz CT molecular complexity index is 625. The van der Waals surface area contributed by atoms with Crippen molar-refractivity contribution in [2.45, 2.75) is 18.9 Å². The smallest absolute Gasteiger partial charge is 0.243 e. The number of amides is 1. The third kappa shape index (κ3) is 1.70. The zero-order valence-electron chi connectivity index (χ0n) is 10.1. The summed E-state index contributed by atoms with van der Waals surface area (Å²) < 4.78 is 0. The molecular formula is C16H15NO. The van der Waals surface area contributed by atoms with Crippen molar-refractivity contribution in [2.24, 2.45) is 0 Å². The molecule has 18 heavy (non-hydrogen) atoms. The minimum absolute atomic E-state index is 0.101. The summed E-state index contributed by atoms with van der Waals surface area (Å²) in [5, 5.41) is 5.57. The van der Waals surface area contributed by atoms with Gasteiger partial charge in [-0.3, -0.25) is 4.79 Å². The van der Waals surface area contributed by atoms with E-state index in [1.807, 2.05) is 0 Å². The Morgan fingerprint density at radius 3 is 2.83 bits per heavy atom. The Balaban J connectivity index is 2.12. The Morgan fingerprint density at radius 2 is 2.06 bits per heavy atom. The van der Waals surface area contributed by atoms with Gasteiger partial charge in [0.1, 0.15) is 0 Å². The normalized spacial score (nSPS) is 17.4. The van der Waals surface area contributed by atoms with Crippen LogP contribution < -0.4 is 5.32 Å². The van der Waals surface area contributed by atoms with Crippen molar-refractivity contribution in [3.63, 3.8) is 0 Å². The van der Waals surface area contributed by atoms with Gasteiger partial charge in [-0.15, -0.1) is 0 Å². The minimum atomic E-state index is -0.101. The van der Waals surface area contributed by atoms with Crippen LogP contribution in [0.15, 0.2) is 49.1 Å². The van der Waals surface area contributed by atoms with E-state index in [0.29, 0.717) is 0 Å². The molecule has 2 aromatic carbocycles. The van der Waals surface area contributed by atoms with Crippen LogP contribution in [0.4, 0.5) is 0 Å². The highest BCUT2D eigenvalue weighted by Crippen LogP contribution is 2.35. The lowest BCUT2D eigenvalue weighted by Crippen LogP contribution is -2.29. The molecule has 0 saturated heterocycles. The molecule has 0 bridgehead atoms. The molecule has 0 aromatic heterocycles. The Morgan fingerprint density at radius 1 is 1.28 bits per heavy atom. The van der Waals surface area contributed by atoms with E-state index in [-0.39, 0.29) is 11.9 Å². The van der Waals surface area contributed by atoms with E-state index in [2.05, 4.69) is 48.3 Å². The number of nitrogens with one attached hydrogen (secondary N) is 1. The number of benzene rings is 2. The molecule has 3 rings (SSSR count). The van der Waals surface area contributed by atoms with Gasteiger partial charge in [-0.05, 0) is 40.8 Å². The van der Waals surface area contributed by atoms with E-state index in [1.165, 1.54) is 28.0 Å². The van der Waals surface area contributed by atoms with Gasteiger partial charge in [0.2, 0.25) is 5.91 Å². The quantitative estimate of drug-likeness (QED) is 0.799. The number of hydrogen-bond donors (Lipinski definition) is 1. The fraction of sp³-hybridized carbons (Fsp3) is 0.188. The van der Waals surface area contributed by atoms with Crippen LogP contribution in [-0.4, -0.2) is 5.91 Å². The molecular weight excluding hydrogens is 222 g/mol. The van der Waals surface area contributed by atoms with Gasteiger partial charge in [-0.1, -0.05) is 43.0 Å². The first kappa shape index (κ1) is 11.0. The van der Waals surface area contributed by atoms with Gasteiger partial charge in [0.15, 0.2) is 0 Å². The molecule has 0 heterocycles. The van der Waals surface area contributed by atoms with Crippen LogP contribution in [0.2, 0.25) is 0 Å². The van der Waals surface area contributed by atoms with Gasteiger partial charge in [0, 0.05) is 0 Å². The van der Waals surface area contributed by atoms with Crippen molar-refractivity contribution >= 4 is 16.7 Å². The van der Waals surface area contributed by atoms with Crippen LogP contribution in [0.5, 0.6) is 0 Å². The van der Waals surface area contributed by atoms with Gasteiger partial charge in [-0.25, -0.2) is 0 Å². The minimum Gasteiger partial charge on any atom is -0.346 e. The van der Waals surface area contributed by atoms with Crippen molar-refractivity contribution in [2.75, 3.05) is 0 Å². The first-order valence-corrected chi connectivity index (χ1v) is 6.23. The van der Waals surface area contributed by atoms with Crippen molar-refractivity contribution in [1.29, 1.82) is 0 Å². The van der Waals surface area contributed by atoms with E-state index in [0.717, 1.165) is 12.8 Å². The lowest BCUT2D eigenvalue weighted by atomic mass is 9.85. The Labute approximate surface area is 106 Å². The van der Waals surface area contributed by atoms with E-state index in [9.17, 15) is 4.79 Å². The average Bonchev–Trinajstić information content (AvgIpc) is 2.42. The van der Waals surface area contributed by atoms with Crippen molar-refractivity contribution in [3.8, 4) is 0 Å². The molecule has 1 N–H and O–H groups in total. The molecule has 0 fully saturated rings. The van der Waals surface area contributed by atoms with Gasteiger partial charge >= 0.3 is 0 Å². The number of carbonyl (C=O) groups excluding carboxylic acids is 1. The van der Waals surface area contributed by atoms with Crippen molar-refractivity contribution < 1.29 is 4.79 Å². The molecule has 1 atom stereocenters. The molecule has 2 nitrogen and oxygen atoms in total. The standard InChI is InChI=1S/C16H15NO/c1-2-15(18)17-14-10-9-12-6-3-5-11-7-4-8-13(14)16(11)12/h2-8,14H,1,9-10H2,(H,17,18). The molecule has 2 aromatic rings. The number of aryl methyl sites for hydroxylation is 1. The lowest BCUT2D eigenvalue weighted by molar-refractivity contribution is -0.117. The summed E-state index contributed by atoms with van der Waals surface area (Å²) in [4.78, 5) is 11.5. The molecule has 1 amide bonds. The van der Waals surface area contributed by atoms with Gasteiger partial charge in [0.05, 0.1) is 6.04 Å². The molecule has 1 aliphatic rings. The predicted molar refractivity (Wildman–Crippen MR) is 73.3 cm³/mol. The van der Waals surface area contributed by atoms with E-state index >= 15 is 0 Å². The first-order valence-electron chi connectivity index (χ1n) is 6.23. The maximum atomic E-state index is 11.5. The van der Waals surface area contributed by atoms with Gasteiger partial charge < -0.3 is 5.32 Å². The van der Waals surface area contributed by atoms with Crippen molar-refractivity contribution in [1.82, 2.24) is 5.32 Å². The second kappa shape index (κ2) is 4.30. The summed E-state index contributed by atoms with van der Waals surface area (Å²) in [6.07, 6.45) is 3.30. The SMILES string of the molecule is C=CC(=O)NC1CCc2cccc3cccc1c23. The fourth-order valence-corrected chi connectivity index (χ4v) is 2.78. The van der Waals surface area contributed by atoms with Crippen LogP contribution in [0.3, 0.4) is 0 Å². The summed E-state index contributed by atoms with van der Waals surface area (Å²) in [5.74, 6) is -0.101. The number of carbonyl (C=O) groups is 1. The van der Waals surface area contributed by atoms with Crippen LogP contribution in [0.1, 0.15) is 23.6 Å². The third-order valence-electron chi connectivity index (χ3n) is 3.60. The maximum absolute atomic E-state index is 11.5. The topological polar surface area (TPSA) is 29.1 Å². The highest BCUT2D eigenvalue weighted by atomic mass is 16.1. The molecule has 90 valence electrons. The molecule has 0 spiro atoms. The van der Waals surface area contributed by atoms with E-state index < -0.39 is 0 Å². The zero-order chi connectivity index (χ0) is 12.5. The number of hydrogen-bond acceptors (Lipinski definition) is 1. The molecule has 0 aliphatic heterocycles. The zero-order valence-corrected chi connectivity index (χ0v) is 10.1. The highest BCUT2D eigenvalue weighted by molar-refractivity contribution is 5.92. The van der Waals surface area contributed by atoms with Gasteiger partial charge in [-0.2, -0.15) is 0 Å². The third-order valence-corrected chi connectivity index (χ3v) is 3.60.